The van der Waals surface area contributed by atoms with Crippen LogP contribution in [0.3, 0.4) is 0 Å². The number of nitrogens with zero attached hydrogens (tertiary/aromatic N) is 2. The topological polar surface area (TPSA) is 109 Å². The molecular formula is C21H37N3O6Si. The number of hydrogen-bond acceptors (Lipinski definition) is 8. The van der Waals surface area contributed by atoms with Crippen molar-refractivity contribution in [1.82, 2.24) is 15.3 Å². The second-order valence-electron chi connectivity index (χ2n) is 9.78. The maximum absolute atomic E-state index is 12.5. The van der Waals surface area contributed by atoms with E-state index in [1.165, 1.54) is 14.2 Å². The summed E-state index contributed by atoms with van der Waals surface area (Å²) in [7, 11) is 0.586. The number of hydrogen-bond donors (Lipinski definition) is 1. The molecule has 1 heterocycles. The van der Waals surface area contributed by atoms with E-state index in [9.17, 15) is 9.59 Å². The lowest BCUT2D eigenvalue weighted by atomic mass is 10.1. The van der Waals surface area contributed by atoms with Gasteiger partial charge in [-0.05, 0) is 38.9 Å². The van der Waals surface area contributed by atoms with Crippen LogP contribution in [0.25, 0.3) is 0 Å². The summed E-state index contributed by atoms with van der Waals surface area (Å²) in [6.45, 7) is 15.8. The second-order valence-corrected chi connectivity index (χ2v) is 14.5. The number of ether oxygens (including phenoxy) is 3. The Morgan fingerprint density at radius 2 is 1.74 bits per heavy atom. The van der Waals surface area contributed by atoms with Gasteiger partial charge in [0.25, 0.3) is 0 Å². The Morgan fingerprint density at radius 3 is 2.19 bits per heavy atom. The van der Waals surface area contributed by atoms with Crippen molar-refractivity contribution in [2.24, 2.45) is 0 Å². The van der Waals surface area contributed by atoms with Gasteiger partial charge in [-0.2, -0.15) is 9.97 Å². The number of amides is 1. The highest BCUT2D eigenvalue weighted by molar-refractivity contribution is 6.74. The smallest absolute Gasteiger partial charge is 0.407 e. The van der Waals surface area contributed by atoms with E-state index in [2.05, 4.69) is 49.1 Å². The van der Waals surface area contributed by atoms with Crippen LogP contribution in [0.2, 0.25) is 18.1 Å². The SMILES string of the molecule is COc1cc([C@@H](O[Si](C)(C)C(C)(C)C)[C@@H](CC=O)NC(=O)OC(C)(C)C)nc(OC)n1. The first-order valence-electron chi connectivity index (χ1n) is 10.2. The Hall–Kier alpha value is -2.20. The van der Waals surface area contributed by atoms with E-state index >= 15 is 0 Å². The summed E-state index contributed by atoms with van der Waals surface area (Å²) in [6.07, 6.45) is -0.645. The number of alkyl carbamates (subject to hydrolysis) is 1. The van der Waals surface area contributed by atoms with Crippen LogP contribution in [-0.2, 0) is 14.0 Å². The standard InChI is InChI=1S/C21H37N3O6Si/c1-20(2,3)29-19(26)23-14(11-12-25)17(30-31(9,10)21(4,5)6)15-13-16(27-7)24-18(22-15)28-8/h12-14,17H,11H2,1-10H3,(H,23,26)/t14-,17+/m1/s1. The molecular weight excluding hydrogens is 418 g/mol. The number of aromatic nitrogens is 2. The highest BCUT2D eigenvalue weighted by Crippen LogP contribution is 2.41. The number of carbonyl (C=O) groups excluding carboxylic acids is 2. The van der Waals surface area contributed by atoms with Gasteiger partial charge in [0, 0.05) is 12.5 Å². The van der Waals surface area contributed by atoms with Crippen molar-refractivity contribution in [1.29, 1.82) is 0 Å². The van der Waals surface area contributed by atoms with E-state index in [1.54, 1.807) is 26.8 Å². The maximum atomic E-state index is 12.5. The summed E-state index contributed by atoms with van der Waals surface area (Å²) in [4.78, 5) is 32.6. The maximum Gasteiger partial charge on any atom is 0.407 e. The molecule has 0 bridgehead atoms. The van der Waals surface area contributed by atoms with E-state index in [4.69, 9.17) is 18.6 Å². The average molecular weight is 456 g/mol. The third kappa shape index (κ3) is 8.10. The highest BCUT2D eigenvalue weighted by Gasteiger charge is 2.42. The lowest BCUT2D eigenvalue weighted by Gasteiger charge is -2.41. The molecule has 9 nitrogen and oxygen atoms in total. The third-order valence-corrected chi connectivity index (χ3v) is 9.49. The normalized spacial score (nSPS) is 14.4. The summed E-state index contributed by atoms with van der Waals surface area (Å²) in [5.41, 5.74) is -0.246. The van der Waals surface area contributed by atoms with Crippen LogP contribution < -0.4 is 14.8 Å². The Kier molecular flexibility index (Phi) is 9.01. The number of carbonyl (C=O) groups is 2. The van der Waals surface area contributed by atoms with Gasteiger partial charge >= 0.3 is 12.1 Å². The summed E-state index contributed by atoms with van der Waals surface area (Å²) < 4.78 is 22.5. The van der Waals surface area contributed by atoms with Crippen molar-refractivity contribution in [3.05, 3.63) is 11.8 Å². The minimum absolute atomic E-state index is 0.00711. The minimum atomic E-state index is -2.35. The molecule has 1 aromatic rings. The van der Waals surface area contributed by atoms with Crippen molar-refractivity contribution < 1.29 is 28.2 Å². The van der Waals surface area contributed by atoms with Crippen LogP contribution in [0.1, 0.15) is 59.8 Å². The average Bonchev–Trinajstić information content (AvgIpc) is 2.62. The Bertz CT molecular complexity index is 736. The molecule has 2 atom stereocenters. The van der Waals surface area contributed by atoms with Crippen molar-refractivity contribution in [3.8, 4) is 11.9 Å². The van der Waals surface area contributed by atoms with Crippen molar-refractivity contribution >= 4 is 20.7 Å². The molecule has 0 radical (unpaired) electrons. The molecule has 1 amide bonds. The van der Waals surface area contributed by atoms with Gasteiger partial charge in [-0.3, -0.25) is 0 Å². The van der Waals surface area contributed by atoms with Crippen LogP contribution in [-0.4, -0.2) is 56.5 Å². The Labute approximate surface area is 186 Å². The quantitative estimate of drug-likeness (QED) is 0.439. The predicted molar refractivity (Wildman–Crippen MR) is 120 cm³/mol. The van der Waals surface area contributed by atoms with Gasteiger partial charge in [-0.1, -0.05) is 20.8 Å². The van der Waals surface area contributed by atoms with E-state index < -0.39 is 32.2 Å². The molecule has 0 aromatic carbocycles. The molecule has 1 aromatic heterocycles. The molecule has 0 aliphatic rings. The summed E-state index contributed by atoms with van der Waals surface area (Å²) in [6, 6.07) is 1.00. The van der Waals surface area contributed by atoms with Gasteiger partial charge in [0.2, 0.25) is 5.88 Å². The molecule has 0 aliphatic carbocycles. The number of aldehydes is 1. The van der Waals surface area contributed by atoms with Gasteiger partial charge in [-0.15, -0.1) is 0 Å². The second kappa shape index (κ2) is 10.4. The first-order chi connectivity index (χ1) is 14.1. The number of nitrogens with one attached hydrogen (secondary N) is 1. The minimum Gasteiger partial charge on any atom is -0.481 e. The molecule has 0 fully saturated rings. The molecule has 0 saturated heterocycles. The molecule has 0 spiro atoms. The van der Waals surface area contributed by atoms with Gasteiger partial charge in [-0.25, -0.2) is 4.79 Å². The molecule has 10 heteroatoms. The summed E-state index contributed by atoms with van der Waals surface area (Å²) >= 11 is 0. The van der Waals surface area contributed by atoms with Gasteiger partial charge < -0.3 is 28.7 Å². The van der Waals surface area contributed by atoms with E-state index in [1.807, 2.05) is 0 Å². The lowest BCUT2D eigenvalue weighted by molar-refractivity contribution is -0.108. The van der Waals surface area contributed by atoms with Gasteiger partial charge in [0.05, 0.1) is 26.0 Å². The first-order valence-corrected chi connectivity index (χ1v) is 13.1. The predicted octanol–water partition coefficient (Wildman–Crippen LogP) is 4.04. The zero-order valence-corrected chi connectivity index (χ0v) is 21.4. The van der Waals surface area contributed by atoms with E-state index in [-0.39, 0.29) is 23.3 Å². The molecule has 0 unspecified atom stereocenters. The molecule has 0 aliphatic heterocycles. The van der Waals surface area contributed by atoms with E-state index in [0.717, 1.165) is 6.29 Å². The van der Waals surface area contributed by atoms with Crippen LogP contribution in [0.15, 0.2) is 6.07 Å². The largest absolute Gasteiger partial charge is 0.481 e. The lowest BCUT2D eigenvalue weighted by Crippen LogP contribution is -2.49. The van der Waals surface area contributed by atoms with E-state index in [0.29, 0.717) is 5.69 Å². The zero-order valence-electron chi connectivity index (χ0n) is 20.4. The van der Waals surface area contributed by atoms with Crippen molar-refractivity contribution in [2.75, 3.05) is 14.2 Å². The van der Waals surface area contributed by atoms with Crippen LogP contribution in [0, 0.1) is 0 Å². The molecule has 31 heavy (non-hydrogen) atoms. The third-order valence-electron chi connectivity index (χ3n) is 5.03. The fourth-order valence-corrected chi connectivity index (χ4v) is 3.70. The van der Waals surface area contributed by atoms with Crippen LogP contribution in [0.4, 0.5) is 4.79 Å². The molecule has 0 saturated carbocycles. The van der Waals surface area contributed by atoms with Crippen molar-refractivity contribution in [2.45, 2.75) is 83.8 Å². The molecule has 176 valence electrons. The monoisotopic (exact) mass is 455 g/mol. The Balaban J connectivity index is 3.48. The van der Waals surface area contributed by atoms with Crippen LogP contribution in [0.5, 0.6) is 11.9 Å². The molecule has 1 N–H and O–H groups in total. The summed E-state index contributed by atoms with van der Waals surface area (Å²) in [5, 5.41) is 2.66. The van der Waals surface area contributed by atoms with Gasteiger partial charge in [0.1, 0.15) is 18.0 Å². The Morgan fingerprint density at radius 1 is 1.13 bits per heavy atom. The van der Waals surface area contributed by atoms with Gasteiger partial charge in [0.15, 0.2) is 8.32 Å². The summed E-state index contributed by atoms with van der Waals surface area (Å²) in [5.74, 6) is 0.285. The van der Waals surface area contributed by atoms with Crippen LogP contribution >= 0.6 is 0 Å². The fourth-order valence-electron chi connectivity index (χ4n) is 2.43. The fraction of sp³-hybridized carbons (Fsp3) is 0.714. The number of methoxy groups -OCH3 is 2. The highest BCUT2D eigenvalue weighted by atomic mass is 28.4. The number of rotatable bonds is 9. The van der Waals surface area contributed by atoms with Crippen molar-refractivity contribution in [3.63, 3.8) is 0 Å². The molecule has 1 rings (SSSR count). The first kappa shape index (κ1) is 26.8. The zero-order chi connectivity index (χ0) is 24.0.